The van der Waals surface area contributed by atoms with Crippen molar-refractivity contribution in [2.24, 2.45) is 0 Å². The van der Waals surface area contributed by atoms with Crippen LogP contribution in [0.4, 0.5) is 4.39 Å². The fourth-order valence-corrected chi connectivity index (χ4v) is 2.60. The summed E-state index contributed by atoms with van der Waals surface area (Å²) in [6.07, 6.45) is 2.27. The second-order valence-corrected chi connectivity index (χ2v) is 5.63. The predicted octanol–water partition coefficient (Wildman–Crippen LogP) is 4.81. The number of hydrogen-bond acceptors (Lipinski definition) is 3. The van der Waals surface area contributed by atoms with E-state index in [1.54, 1.807) is 25.3 Å². The quantitative estimate of drug-likeness (QED) is 0.496. The van der Waals surface area contributed by atoms with Crippen LogP contribution >= 0.6 is 24.0 Å². The summed E-state index contributed by atoms with van der Waals surface area (Å²) in [5.74, 6) is 0.914. The van der Waals surface area contributed by atoms with Crippen molar-refractivity contribution in [1.82, 2.24) is 5.32 Å². The number of benzene rings is 2. The molecule has 0 aliphatic carbocycles. The predicted molar refractivity (Wildman–Crippen MR) is 103 cm³/mol. The molecule has 0 saturated heterocycles. The van der Waals surface area contributed by atoms with E-state index >= 15 is 0 Å². The molecule has 0 aliphatic rings. The van der Waals surface area contributed by atoms with Gasteiger partial charge in [0.25, 0.3) is 0 Å². The molecule has 0 unspecified atom stereocenters. The molecule has 2 aromatic carbocycles. The molecule has 0 amide bonds. The first kappa shape index (κ1) is 21.3. The third-order valence-electron chi connectivity index (χ3n) is 3.49. The fourth-order valence-electron chi connectivity index (χ4n) is 2.31. The number of rotatable bonds is 9. The third kappa shape index (κ3) is 6.24. The summed E-state index contributed by atoms with van der Waals surface area (Å²) < 4.78 is 24.4. The molecule has 0 saturated carbocycles. The lowest BCUT2D eigenvalue weighted by molar-refractivity contribution is 0.326. The van der Waals surface area contributed by atoms with Gasteiger partial charge in [-0.25, -0.2) is 4.39 Å². The van der Waals surface area contributed by atoms with Crippen LogP contribution in [0.1, 0.15) is 11.1 Å². The molecule has 0 aromatic heterocycles. The zero-order valence-electron chi connectivity index (χ0n) is 14.1. The van der Waals surface area contributed by atoms with Gasteiger partial charge in [-0.15, -0.1) is 12.4 Å². The Morgan fingerprint density at radius 2 is 2.04 bits per heavy atom. The van der Waals surface area contributed by atoms with E-state index in [1.165, 1.54) is 6.07 Å². The number of ether oxygens (including phenoxy) is 2. The highest BCUT2D eigenvalue weighted by Crippen LogP contribution is 2.36. The van der Waals surface area contributed by atoms with Crippen LogP contribution in [-0.4, -0.2) is 20.3 Å². The summed E-state index contributed by atoms with van der Waals surface area (Å²) in [5, 5.41) is 3.77. The van der Waals surface area contributed by atoms with E-state index in [0.29, 0.717) is 48.2 Å². The Hall–Kier alpha value is -1.75. The van der Waals surface area contributed by atoms with Crippen LogP contribution in [0, 0.1) is 5.82 Å². The Balaban J connectivity index is 0.00000312. The molecule has 3 nitrogen and oxygen atoms in total. The molecular weight excluding hydrogens is 364 g/mol. The molecule has 136 valence electrons. The van der Waals surface area contributed by atoms with E-state index < -0.39 is 0 Å². The first-order valence-corrected chi connectivity index (χ1v) is 8.07. The van der Waals surface area contributed by atoms with Gasteiger partial charge in [0.2, 0.25) is 0 Å². The van der Waals surface area contributed by atoms with Crippen LogP contribution in [0.25, 0.3) is 0 Å². The average Bonchev–Trinajstić information content (AvgIpc) is 2.58. The van der Waals surface area contributed by atoms with Gasteiger partial charge in [0.1, 0.15) is 12.4 Å². The Morgan fingerprint density at radius 1 is 1.28 bits per heavy atom. The Morgan fingerprint density at radius 3 is 2.72 bits per heavy atom. The van der Waals surface area contributed by atoms with Crippen LogP contribution in [0.15, 0.2) is 49.1 Å². The van der Waals surface area contributed by atoms with Crippen molar-refractivity contribution in [3.05, 3.63) is 71.0 Å². The van der Waals surface area contributed by atoms with Gasteiger partial charge in [-0.05, 0) is 42.3 Å². The smallest absolute Gasteiger partial charge is 0.180 e. The van der Waals surface area contributed by atoms with E-state index in [2.05, 4.69) is 11.9 Å². The maximum absolute atomic E-state index is 13.6. The number of hydrogen-bond donors (Lipinski definition) is 1. The maximum Gasteiger partial charge on any atom is 0.180 e. The molecule has 25 heavy (non-hydrogen) atoms. The van der Waals surface area contributed by atoms with Crippen molar-refractivity contribution >= 4 is 24.0 Å². The maximum atomic E-state index is 13.6. The standard InChI is InChI=1S/C19H21ClFNO2.ClH/c1-3-10-24-19-16(20)11-14(12-18(19)23-2)13-22-9-8-15-6-4-5-7-17(15)21;/h3-7,11-12,22H,1,8-10,13H2,2H3;1H. The zero-order chi connectivity index (χ0) is 17.4. The monoisotopic (exact) mass is 385 g/mol. The highest BCUT2D eigenvalue weighted by Gasteiger charge is 2.11. The van der Waals surface area contributed by atoms with Gasteiger partial charge in [0, 0.05) is 6.54 Å². The summed E-state index contributed by atoms with van der Waals surface area (Å²) in [6, 6.07) is 10.5. The highest BCUT2D eigenvalue weighted by molar-refractivity contribution is 6.32. The molecule has 0 aliphatic heterocycles. The lowest BCUT2D eigenvalue weighted by atomic mass is 10.1. The normalized spacial score (nSPS) is 10.0. The lowest BCUT2D eigenvalue weighted by Gasteiger charge is -2.13. The van der Waals surface area contributed by atoms with Gasteiger partial charge >= 0.3 is 0 Å². The molecule has 0 radical (unpaired) electrons. The van der Waals surface area contributed by atoms with Gasteiger partial charge in [-0.1, -0.05) is 42.5 Å². The number of methoxy groups -OCH3 is 1. The van der Waals surface area contributed by atoms with Crippen LogP contribution in [-0.2, 0) is 13.0 Å². The van der Waals surface area contributed by atoms with E-state index in [1.807, 2.05) is 18.2 Å². The minimum Gasteiger partial charge on any atom is -0.493 e. The summed E-state index contributed by atoms with van der Waals surface area (Å²) in [7, 11) is 1.57. The minimum atomic E-state index is -0.173. The fraction of sp³-hybridized carbons (Fsp3) is 0.263. The Bertz CT molecular complexity index is 695. The van der Waals surface area contributed by atoms with Gasteiger partial charge in [0.15, 0.2) is 11.5 Å². The minimum absolute atomic E-state index is 0. The van der Waals surface area contributed by atoms with E-state index in [0.717, 1.165) is 5.56 Å². The molecule has 2 aromatic rings. The Kier molecular flexibility index (Phi) is 9.35. The third-order valence-corrected chi connectivity index (χ3v) is 3.77. The van der Waals surface area contributed by atoms with Crippen molar-refractivity contribution in [2.45, 2.75) is 13.0 Å². The SMILES string of the molecule is C=CCOc1c(Cl)cc(CNCCc2ccccc2F)cc1OC.Cl. The molecule has 2 rings (SSSR count). The van der Waals surface area contributed by atoms with Crippen molar-refractivity contribution in [1.29, 1.82) is 0 Å². The van der Waals surface area contributed by atoms with Crippen LogP contribution < -0.4 is 14.8 Å². The number of nitrogens with one attached hydrogen (secondary N) is 1. The molecule has 1 N–H and O–H groups in total. The second-order valence-electron chi connectivity index (χ2n) is 5.23. The lowest BCUT2D eigenvalue weighted by Crippen LogP contribution is -2.17. The topological polar surface area (TPSA) is 30.5 Å². The molecule has 0 spiro atoms. The summed E-state index contributed by atoms with van der Waals surface area (Å²) >= 11 is 6.26. The van der Waals surface area contributed by atoms with Crippen molar-refractivity contribution < 1.29 is 13.9 Å². The van der Waals surface area contributed by atoms with Gasteiger partial charge in [-0.2, -0.15) is 0 Å². The van der Waals surface area contributed by atoms with Gasteiger partial charge in [-0.3, -0.25) is 0 Å². The summed E-state index contributed by atoms with van der Waals surface area (Å²) in [5.41, 5.74) is 1.67. The van der Waals surface area contributed by atoms with Gasteiger partial charge < -0.3 is 14.8 Å². The number of halogens is 3. The molecule has 6 heteroatoms. The second kappa shape index (κ2) is 11.0. The van der Waals surface area contributed by atoms with E-state index in [4.69, 9.17) is 21.1 Å². The Labute approximate surface area is 159 Å². The molecule has 0 heterocycles. The molecular formula is C19H22Cl2FNO2. The average molecular weight is 386 g/mol. The largest absolute Gasteiger partial charge is 0.493 e. The van der Waals surface area contributed by atoms with Crippen LogP contribution in [0.2, 0.25) is 5.02 Å². The summed E-state index contributed by atoms with van der Waals surface area (Å²) in [6.45, 7) is 5.24. The first-order chi connectivity index (χ1) is 11.7. The van der Waals surface area contributed by atoms with E-state index in [-0.39, 0.29) is 18.2 Å². The zero-order valence-corrected chi connectivity index (χ0v) is 15.6. The highest BCUT2D eigenvalue weighted by atomic mass is 35.5. The van der Waals surface area contributed by atoms with Crippen molar-refractivity contribution in [2.75, 3.05) is 20.3 Å². The van der Waals surface area contributed by atoms with Crippen molar-refractivity contribution in [3.8, 4) is 11.5 Å². The molecule has 0 atom stereocenters. The summed E-state index contributed by atoms with van der Waals surface area (Å²) in [4.78, 5) is 0. The van der Waals surface area contributed by atoms with E-state index in [9.17, 15) is 4.39 Å². The van der Waals surface area contributed by atoms with Gasteiger partial charge in [0.05, 0.1) is 12.1 Å². The van der Waals surface area contributed by atoms with Crippen molar-refractivity contribution in [3.63, 3.8) is 0 Å². The molecule has 0 fully saturated rings. The molecule has 0 bridgehead atoms. The van der Waals surface area contributed by atoms with Crippen LogP contribution in [0.5, 0.6) is 11.5 Å². The van der Waals surface area contributed by atoms with Crippen LogP contribution in [0.3, 0.4) is 0 Å². The first-order valence-electron chi connectivity index (χ1n) is 7.70.